The molecule has 3 aromatic carbocycles. The first kappa shape index (κ1) is 22.2. The van der Waals surface area contributed by atoms with Crippen molar-refractivity contribution in [3.8, 4) is 0 Å². The number of hydrogen-bond donors (Lipinski definition) is 2. The van der Waals surface area contributed by atoms with Crippen LogP contribution < -0.4 is 15.5 Å². The minimum absolute atomic E-state index is 0.0511. The molecule has 8 heteroatoms. The lowest BCUT2D eigenvalue weighted by Crippen LogP contribution is -2.32. The summed E-state index contributed by atoms with van der Waals surface area (Å²) >= 11 is 6.17. The highest BCUT2D eigenvalue weighted by Crippen LogP contribution is 2.30. The van der Waals surface area contributed by atoms with E-state index in [1.165, 1.54) is 30.3 Å². The van der Waals surface area contributed by atoms with E-state index in [4.69, 9.17) is 11.6 Å². The molecule has 0 atom stereocenters. The molecule has 0 spiro atoms. The number of amides is 3. The van der Waals surface area contributed by atoms with Gasteiger partial charge in [-0.15, -0.1) is 0 Å². The van der Waals surface area contributed by atoms with Crippen LogP contribution >= 0.6 is 11.6 Å². The van der Waals surface area contributed by atoms with Crippen LogP contribution in [0.1, 0.15) is 22.8 Å². The lowest BCUT2D eigenvalue weighted by molar-refractivity contribution is -0.120. The Morgan fingerprint density at radius 1 is 0.939 bits per heavy atom. The normalized spacial score (nSPS) is 13.5. The molecular weight excluding hydrogens is 445 g/mol. The second-order valence-corrected chi connectivity index (χ2v) is 7.67. The van der Waals surface area contributed by atoms with E-state index in [1.54, 1.807) is 30.3 Å². The monoisotopic (exact) mass is 463 g/mol. The summed E-state index contributed by atoms with van der Waals surface area (Å²) < 4.78 is 13.7. The first-order valence-corrected chi connectivity index (χ1v) is 10.6. The minimum atomic E-state index is -0.616. The van der Waals surface area contributed by atoms with Gasteiger partial charge in [0.2, 0.25) is 0 Å². The molecule has 0 aliphatic carbocycles. The van der Waals surface area contributed by atoms with Crippen molar-refractivity contribution in [3.63, 3.8) is 0 Å². The fraction of sp³-hybridized carbons (Fsp3) is 0.0800. The smallest absolute Gasteiger partial charge is 0.283 e. The predicted molar refractivity (Wildman–Crippen MR) is 126 cm³/mol. The van der Waals surface area contributed by atoms with E-state index in [0.717, 1.165) is 16.9 Å². The van der Waals surface area contributed by atoms with Crippen LogP contribution in [0.15, 0.2) is 83.5 Å². The standard InChI is InChI=1S/C25H19ClFN3O3/c1-2-15-7-13-18(14-8-15)30-24(32)21(26)22(25(30)33)28-17-11-9-16(10-12-17)23(31)29-20-6-4-3-5-19(20)27/h3-14,28H,2H2,1H3,(H,29,31). The molecule has 1 heterocycles. The van der Waals surface area contributed by atoms with E-state index in [-0.39, 0.29) is 22.0 Å². The molecule has 3 aromatic rings. The molecule has 0 saturated carbocycles. The number of carbonyl (C=O) groups excluding carboxylic acids is 3. The molecule has 0 fully saturated rings. The van der Waals surface area contributed by atoms with Crippen molar-refractivity contribution in [1.82, 2.24) is 0 Å². The summed E-state index contributed by atoms with van der Waals surface area (Å²) in [6.45, 7) is 2.01. The van der Waals surface area contributed by atoms with Crippen molar-refractivity contribution in [3.05, 3.63) is 100 Å². The number of nitrogens with one attached hydrogen (secondary N) is 2. The maximum Gasteiger partial charge on any atom is 0.283 e. The van der Waals surface area contributed by atoms with Crippen LogP contribution in [0.3, 0.4) is 0 Å². The highest BCUT2D eigenvalue weighted by atomic mass is 35.5. The quantitative estimate of drug-likeness (QED) is 0.500. The maximum atomic E-state index is 13.7. The molecule has 0 radical (unpaired) electrons. The fourth-order valence-corrected chi connectivity index (χ4v) is 3.55. The summed E-state index contributed by atoms with van der Waals surface area (Å²) in [7, 11) is 0. The molecule has 33 heavy (non-hydrogen) atoms. The molecule has 0 aromatic heterocycles. The highest BCUT2D eigenvalue weighted by Gasteiger charge is 2.38. The van der Waals surface area contributed by atoms with Crippen molar-refractivity contribution < 1.29 is 18.8 Å². The molecule has 3 amide bonds. The van der Waals surface area contributed by atoms with Gasteiger partial charge in [-0.1, -0.05) is 42.8 Å². The lowest BCUT2D eigenvalue weighted by atomic mass is 10.1. The topological polar surface area (TPSA) is 78.5 Å². The Labute approximate surface area is 194 Å². The second kappa shape index (κ2) is 9.26. The van der Waals surface area contributed by atoms with Gasteiger partial charge in [0.15, 0.2) is 0 Å². The fourth-order valence-electron chi connectivity index (χ4n) is 3.33. The second-order valence-electron chi connectivity index (χ2n) is 7.29. The number of imide groups is 1. The Bertz CT molecular complexity index is 1270. The molecule has 0 bridgehead atoms. The van der Waals surface area contributed by atoms with Gasteiger partial charge in [0.25, 0.3) is 17.7 Å². The lowest BCUT2D eigenvalue weighted by Gasteiger charge is -2.15. The molecule has 166 valence electrons. The van der Waals surface area contributed by atoms with Gasteiger partial charge in [-0.25, -0.2) is 9.29 Å². The first-order chi connectivity index (χ1) is 15.9. The van der Waals surface area contributed by atoms with Gasteiger partial charge in [-0.2, -0.15) is 0 Å². The summed E-state index contributed by atoms with van der Waals surface area (Å²) in [5.41, 5.74) is 2.27. The van der Waals surface area contributed by atoms with E-state index >= 15 is 0 Å². The van der Waals surface area contributed by atoms with Crippen LogP contribution in [0.2, 0.25) is 0 Å². The molecule has 1 aliphatic rings. The first-order valence-electron chi connectivity index (χ1n) is 10.2. The number of rotatable bonds is 6. The Hall–Kier alpha value is -3.97. The maximum absolute atomic E-state index is 13.7. The van der Waals surface area contributed by atoms with Crippen LogP contribution in [0, 0.1) is 5.82 Å². The van der Waals surface area contributed by atoms with Gasteiger partial charge in [-0.3, -0.25) is 14.4 Å². The number of para-hydroxylation sites is 1. The summed E-state index contributed by atoms with van der Waals surface area (Å²) in [5.74, 6) is -2.22. The summed E-state index contributed by atoms with van der Waals surface area (Å²) in [6.07, 6.45) is 0.836. The van der Waals surface area contributed by atoms with Gasteiger partial charge in [0.05, 0.1) is 11.4 Å². The van der Waals surface area contributed by atoms with Crippen molar-refractivity contribution >= 4 is 46.4 Å². The predicted octanol–water partition coefficient (Wildman–Crippen LogP) is 5.08. The van der Waals surface area contributed by atoms with Crippen molar-refractivity contribution in [2.75, 3.05) is 15.5 Å². The molecule has 0 unspecified atom stereocenters. The average molecular weight is 464 g/mol. The number of benzene rings is 3. The van der Waals surface area contributed by atoms with Crippen LogP contribution in [0.4, 0.5) is 21.5 Å². The zero-order chi connectivity index (χ0) is 23.5. The van der Waals surface area contributed by atoms with Gasteiger partial charge in [0, 0.05) is 11.3 Å². The molecular formula is C25H19ClFN3O3. The number of hydrogen-bond acceptors (Lipinski definition) is 4. The summed E-state index contributed by atoms with van der Waals surface area (Å²) in [6, 6.07) is 19.1. The highest BCUT2D eigenvalue weighted by molar-refractivity contribution is 6.53. The summed E-state index contributed by atoms with van der Waals surface area (Å²) in [5, 5.41) is 5.14. The zero-order valence-electron chi connectivity index (χ0n) is 17.6. The molecule has 1 aliphatic heterocycles. The van der Waals surface area contributed by atoms with Gasteiger partial charge < -0.3 is 10.6 Å². The number of halogens is 2. The van der Waals surface area contributed by atoms with E-state index < -0.39 is 23.5 Å². The number of aryl methyl sites for hydroxylation is 1. The SMILES string of the molecule is CCc1ccc(N2C(=O)C(Cl)=C(Nc3ccc(C(=O)Nc4ccccc4F)cc3)C2=O)cc1. The Morgan fingerprint density at radius 3 is 2.24 bits per heavy atom. The van der Waals surface area contributed by atoms with Crippen molar-refractivity contribution in [1.29, 1.82) is 0 Å². The Morgan fingerprint density at radius 2 is 1.61 bits per heavy atom. The van der Waals surface area contributed by atoms with Gasteiger partial charge in [-0.05, 0) is 60.5 Å². The van der Waals surface area contributed by atoms with E-state index in [2.05, 4.69) is 10.6 Å². The third kappa shape index (κ3) is 4.49. The van der Waals surface area contributed by atoms with E-state index in [1.807, 2.05) is 19.1 Å². The molecule has 4 rings (SSSR count). The van der Waals surface area contributed by atoms with Crippen molar-refractivity contribution in [2.45, 2.75) is 13.3 Å². The van der Waals surface area contributed by atoms with Crippen LogP contribution in [-0.2, 0) is 16.0 Å². The third-order valence-electron chi connectivity index (χ3n) is 5.17. The van der Waals surface area contributed by atoms with E-state index in [9.17, 15) is 18.8 Å². The van der Waals surface area contributed by atoms with E-state index in [0.29, 0.717) is 11.4 Å². The Kier molecular flexibility index (Phi) is 6.24. The van der Waals surface area contributed by atoms with Crippen molar-refractivity contribution in [2.24, 2.45) is 0 Å². The Balaban J connectivity index is 1.48. The third-order valence-corrected chi connectivity index (χ3v) is 5.52. The van der Waals surface area contributed by atoms with Crippen LogP contribution in [0.25, 0.3) is 0 Å². The number of nitrogens with zero attached hydrogens (tertiary/aromatic N) is 1. The zero-order valence-corrected chi connectivity index (χ0v) is 18.3. The molecule has 0 saturated heterocycles. The molecule has 6 nitrogen and oxygen atoms in total. The number of anilines is 3. The number of carbonyl (C=O) groups is 3. The summed E-state index contributed by atoms with van der Waals surface area (Å²) in [4.78, 5) is 38.9. The molecule has 2 N–H and O–H groups in total. The van der Waals surface area contributed by atoms with Crippen LogP contribution in [0.5, 0.6) is 0 Å². The van der Waals surface area contributed by atoms with Gasteiger partial charge >= 0.3 is 0 Å². The van der Waals surface area contributed by atoms with Crippen LogP contribution in [-0.4, -0.2) is 17.7 Å². The minimum Gasteiger partial charge on any atom is -0.350 e. The average Bonchev–Trinajstić information content (AvgIpc) is 3.04. The van der Waals surface area contributed by atoms with Gasteiger partial charge in [0.1, 0.15) is 16.5 Å². The largest absolute Gasteiger partial charge is 0.350 e.